The second kappa shape index (κ2) is 4.11. The molecule has 1 aromatic rings. The summed E-state index contributed by atoms with van der Waals surface area (Å²) in [7, 11) is 0. The minimum absolute atomic E-state index is 0.463. The molecule has 88 valence electrons. The highest BCUT2D eigenvalue weighted by molar-refractivity contribution is 7.11. The Morgan fingerprint density at radius 2 is 2.25 bits per heavy atom. The molecule has 2 heterocycles. The summed E-state index contributed by atoms with van der Waals surface area (Å²) in [5.41, 5.74) is 0.463. The smallest absolute Gasteiger partial charge is 0.110 e. The lowest BCUT2D eigenvalue weighted by Gasteiger charge is -2.37. The fraction of sp³-hybridized carbons (Fsp3) is 0.769. The molecule has 1 atom stereocenters. The predicted molar refractivity (Wildman–Crippen MR) is 67.9 cm³/mol. The summed E-state index contributed by atoms with van der Waals surface area (Å²) in [6.07, 6.45) is 10.2. The monoisotopic (exact) mass is 236 g/mol. The molecule has 16 heavy (non-hydrogen) atoms. The fourth-order valence-corrected chi connectivity index (χ4v) is 3.97. The maximum Gasteiger partial charge on any atom is 0.110 e. The Kier molecular flexibility index (Phi) is 2.76. The van der Waals surface area contributed by atoms with Crippen molar-refractivity contribution < 1.29 is 0 Å². The Morgan fingerprint density at radius 3 is 2.88 bits per heavy atom. The van der Waals surface area contributed by atoms with Crippen molar-refractivity contribution in [2.75, 3.05) is 6.54 Å². The van der Waals surface area contributed by atoms with Crippen LogP contribution < -0.4 is 5.32 Å². The molecule has 1 aromatic heterocycles. The summed E-state index contributed by atoms with van der Waals surface area (Å²) in [5, 5.41) is 4.91. The van der Waals surface area contributed by atoms with Crippen LogP contribution in [0.3, 0.4) is 0 Å². The van der Waals surface area contributed by atoms with E-state index in [0.717, 1.165) is 6.54 Å². The Bertz CT molecular complexity index is 362. The molecule has 1 unspecified atom stereocenters. The predicted octanol–water partition coefficient (Wildman–Crippen LogP) is 3.40. The molecule has 2 aliphatic rings. The number of aromatic nitrogens is 1. The highest BCUT2D eigenvalue weighted by Crippen LogP contribution is 2.46. The highest BCUT2D eigenvalue weighted by Gasteiger charge is 2.35. The van der Waals surface area contributed by atoms with Crippen molar-refractivity contribution in [1.82, 2.24) is 10.3 Å². The van der Waals surface area contributed by atoms with Crippen LogP contribution in [-0.2, 0) is 5.41 Å². The lowest BCUT2D eigenvalue weighted by molar-refractivity contribution is 0.277. The molecule has 0 aromatic carbocycles. The molecule has 1 saturated carbocycles. The number of thiazole rings is 1. The van der Waals surface area contributed by atoms with Gasteiger partial charge < -0.3 is 5.32 Å². The molecule has 2 fully saturated rings. The molecule has 1 aliphatic carbocycles. The summed E-state index contributed by atoms with van der Waals surface area (Å²) < 4.78 is 0. The van der Waals surface area contributed by atoms with Gasteiger partial charge in [0.05, 0.1) is 6.04 Å². The van der Waals surface area contributed by atoms with Crippen LogP contribution in [0.25, 0.3) is 0 Å². The summed E-state index contributed by atoms with van der Waals surface area (Å²) in [6, 6.07) is 0.538. The molecular weight excluding hydrogens is 216 g/mol. The van der Waals surface area contributed by atoms with Crippen LogP contribution in [0, 0.1) is 0 Å². The number of nitrogens with one attached hydrogen (secondary N) is 1. The molecule has 0 spiro atoms. The molecular formula is C13H20N2S. The lowest BCUT2D eigenvalue weighted by atomic mass is 9.70. The number of rotatable bonds is 2. The van der Waals surface area contributed by atoms with Crippen LogP contribution in [0.15, 0.2) is 6.20 Å². The average Bonchev–Trinajstić information content (AvgIpc) is 2.77. The maximum absolute atomic E-state index is 4.64. The first-order chi connectivity index (χ1) is 7.78. The molecule has 1 saturated heterocycles. The minimum Gasteiger partial charge on any atom is -0.308 e. The van der Waals surface area contributed by atoms with E-state index in [4.69, 9.17) is 0 Å². The van der Waals surface area contributed by atoms with Crippen molar-refractivity contribution in [3.8, 4) is 0 Å². The summed E-state index contributed by atoms with van der Waals surface area (Å²) in [4.78, 5) is 6.16. The van der Waals surface area contributed by atoms with Crippen LogP contribution in [-0.4, -0.2) is 11.5 Å². The van der Waals surface area contributed by atoms with Gasteiger partial charge in [-0.25, -0.2) is 4.98 Å². The van der Waals surface area contributed by atoms with Gasteiger partial charge in [-0.2, -0.15) is 0 Å². The summed E-state index contributed by atoms with van der Waals surface area (Å²) >= 11 is 1.95. The van der Waals surface area contributed by atoms with Gasteiger partial charge in [0.15, 0.2) is 0 Å². The van der Waals surface area contributed by atoms with Crippen LogP contribution in [0.4, 0.5) is 0 Å². The van der Waals surface area contributed by atoms with Crippen molar-refractivity contribution in [2.45, 2.75) is 56.9 Å². The van der Waals surface area contributed by atoms with E-state index in [1.54, 1.807) is 0 Å². The van der Waals surface area contributed by atoms with Gasteiger partial charge in [-0.05, 0) is 32.2 Å². The van der Waals surface area contributed by atoms with Gasteiger partial charge in [0.2, 0.25) is 0 Å². The number of piperidine rings is 1. The number of hydrogen-bond donors (Lipinski definition) is 1. The molecule has 2 nitrogen and oxygen atoms in total. The van der Waals surface area contributed by atoms with Crippen molar-refractivity contribution >= 4 is 11.3 Å². The largest absolute Gasteiger partial charge is 0.308 e. The van der Waals surface area contributed by atoms with E-state index in [2.05, 4.69) is 23.4 Å². The third-order valence-corrected chi connectivity index (χ3v) is 5.60. The number of nitrogens with zero attached hydrogens (tertiary/aromatic N) is 1. The van der Waals surface area contributed by atoms with E-state index in [0.29, 0.717) is 11.5 Å². The van der Waals surface area contributed by atoms with Gasteiger partial charge in [0.1, 0.15) is 5.01 Å². The van der Waals surface area contributed by atoms with Crippen molar-refractivity contribution in [2.24, 2.45) is 0 Å². The zero-order valence-corrected chi connectivity index (χ0v) is 10.8. The lowest BCUT2D eigenvalue weighted by Crippen LogP contribution is -2.29. The highest BCUT2D eigenvalue weighted by atomic mass is 32.1. The maximum atomic E-state index is 4.64. The minimum atomic E-state index is 0.463. The van der Waals surface area contributed by atoms with E-state index in [-0.39, 0.29) is 0 Å². The topological polar surface area (TPSA) is 24.9 Å². The second-order valence-corrected chi connectivity index (χ2v) is 6.54. The zero-order valence-electron chi connectivity index (χ0n) is 9.96. The molecule has 0 amide bonds. The quantitative estimate of drug-likeness (QED) is 0.851. The van der Waals surface area contributed by atoms with Gasteiger partial charge in [-0.15, -0.1) is 11.3 Å². The van der Waals surface area contributed by atoms with Crippen molar-refractivity contribution in [3.63, 3.8) is 0 Å². The van der Waals surface area contributed by atoms with Crippen molar-refractivity contribution in [1.29, 1.82) is 0 Å². The zero-order chi connectivity index (χ0) is 11.0. The molecule has 0 radical (unpaired) electrons. The Hall–Kier alpha value is -0.410. The molecule has 3 heteroatoms. The Labute approximate surface area is 101 Å². The van der Waals surface area contributed by atoms with Gasteiger partial charge in [-0.3, -0.25) is 0 Å². The van der Waals surface area contributed by atoms with E-state index in [1.165, 1.54) is 48.4 Å². The van der Waals surface area contributed by atoms with Crippen molar-refractivity contribution in [3.05, 3.63) is 16.1 Å². The van der Waals surface area contributed by atoms with E-state index >= 15 is 0 Å². The second-order valence-electron chi connectivity index (χ2n) is 5.48. The van der Waals surface area contributed by atoms with E-state index in [9.17, 15) is 0 Å². The van der Waals surface area contributed by atoms with Crippen LogP contribution in [0.2, 0.25) is 0 Å². The molecule has 3 rings (SSSR count). The van der Waals surface area contributed by atoms with E-state index < -0.39 is 0 Å². The van der Waals surface area contributed by atoms with Crippen LogP contribution in [0.5, 0.6) is 0 Å². The Balaban J connectivity index is 1.76. The van der Waals surface area contributed by atoms with Crippen LogP contribution >= 0.6 is 11.3 Å². The van der Waals surface area contributed by atoms with Gasteiger partial charge >= 0.3 is 0 Å². The normalized spacial score (nSPS) is 28.7. The van der Waals surface area contributed by atoms with Gasteiger partial charge in [0, 0.05) is 16.5 Å². The van der Waals surface area contributed by atoms with Gasteiger partial charge in [-0.1, -0.05) is 19.8 Å². The standard InChI is InChI=1S/C13H20N2S/c1-13(6-4-7-13)11-9-15-12(16-11)10-5-2-3-8-14-10/h9-10,14H,2-8H2,1H3. The third-order valence-electron chi connectivity index (χ3n) is 4.18. The Morgan fingerprint density at radius 1 is 1.38 bits per heavy atom. The number of hydrogen-bond acceptors (Lipinski definition) is 3. The van der Waals surface area contributed by atoms with Crippen LogP contribution in [0.1, 0.15) is 61.4 Å². The summed E-state index contributed by atoms with van der Waals surface area (Å²) in [5.74, 6) is 0. The first-order valence-corrected chi connectivity index (χ1v) is 7.29. The first kappa shape index (κ1) is 10.7. The summed E-state index contributed by atoms with van der Waals surface area (Å²) in [6.45, 7) is 3.55. The van der Waals surface area contributed by atoms with E-state index in [1.807, 2.05) is 11.3 Å². The molecule has 1 aliphatic heterocycles. The SMILES string of the molecule is CC1(c2cnc(C3CCCCN3)s2)CCC1. The fourth-order valence-electron chi connectivity index (χ4n) is 2.74. The molecule has 1 N–H and O–H groups in total. The third kappa shape index (κ3) is 1.80. The first-order valence-electron chi connectivity index (χ1n) is 6.47. The average molecular weight is 236 g/mol. The van der Waals surface area contributed by atoms with Gasteiger partial charge in [0.25, 0.3) is 0 Å². The molecule has 0 bridgehead atoms.